The van der Waals surface area contributed by atoms with E-state index in [1.807, 2.05) is 11.4 Å². The van der Waals surface area contributed by atoms with Crippen molar-refractivity contribution in [3.05, 3.63) is 40.5 Å². The van der Waals surface area contributed by atoms with E-state index in [1.165, 1.54) is 28.7 Å². The maximum absolute atomic E-state index is 14.5. The number of nitrogens with zero attached hydrogens (tertiary/aromatic N) is 2. The summed E-state index contributed by atoms with van der Waals surface area (Å²) in [5.74, 6) is 0.176. The van der Waals surface area contributed by atoms with Crippen LogP contribution < -0.4 is 5.32 Å². The van der Waals surface area contributed by atoms with Gasteiger partial charge in [-0.3, -0.25) is 9.69 Å². The quantitative estimate of drug-likeness (QED) is 0.670. The molecule has 1 atom stereocenters. The lowest BCUT2D eigenvalue weighted by molar-refractivity contribution is -0.0377. The fraction of sp³-hybridized carbons (Fsp3) is 0.429. The molecule has 3 saturated heterocycles. The molecule has 7 heteroatoms. The van der Waals surface area contributed by atoms with Gasteiger partial charge in [0.2, 0.25) is 0 Å². The highest BCUT2D eigenvalue weighted by atomic mass is 32.1. The lowest BCUT2D eigenvalue weighted by Crippen LogP contribution is -2.69. The Bertz CT molecular complexity index is 1040. The Hall–Kier alpha value is -1.83. The number of rotatable bonds is 3. The van der Waals surface area contributed by atoms with Gasteiger partial charge in [-0.2, -0.15) is 0 Å². The number of benzene rings is 1. The Morgan fingerprint density at radius 1 is 1.32 bits per heavy atom. The molecule has 3 aliphatic heterocycles. The number of fused-ring (bicyclic) bond motifs is 4. The zero-order valence-corrected chi connectivity index (χ0v) is 17.5. The van der Waals surface area contributed by atoms with Gasteiger partial charge in [0, 0.05) is 27.9 Å². The number of nitrogens with one attached hydrogen (secondary N) is 1. The molecule has 2 aromatic heterocycles. The van der Waals surface area contributed by atoms with E-state index in [4.69, 9.17) is 0 Å². The van der Waals surface area contributed by atoms with Gasteiger partial charge in [0.15, 0.2) is 0 Å². The molecule has 1 unspecified atom stereocenters. The first-order valence-corrected chi connectivity index (χ1v) is 11.3. The zero-order chi connectivity index (χ0) is 19.5. The molecule has 0 saturated carbocycles. The molecular weight excluding hydrogens is 393 g/mol. The van der Waals surface area contributed by atoms with Crippen LogP contribution in [0.1, 0.15) is 36.4 Å². The summed E-state index contributed by atoms with van der Waals surface area (Å²) >= 11 is 2.76. The molecule has 1 N–H and O–H groups in total. The Kier molecular flexibility index (Phi) is 4.30. The Morgan fingerprint density at radius 3 is 2.79 bits per heavy atom. The van der Waals surface area contributed by atoms with Gasteiger partial charge >= 0.3 is 0 Å². The van der Waals surface area contributed by atoms with Crippen LogP contribution in [-0.4, -0.2) is 40.5 Å². The van der Waals surface area contributed by atoms with E-state index in [0.29, 0.717) is 21.4 Å². The minimum atomic E-state index is -0.296. The third-order valence-electron chi connectivity index (χ3n) is 6.38. The van der Waals surface area contributed by atoms with E-state index in [0.717, 1.165) is 36.0 Å². The number of carbonyl (C=O) groups excluding carboxylic acids is 1. The summed E-state index contributed by atoms with van der Waals surface area (Å²) in [6.07, 6.45) is 3.95. The van der Waals surface area contributed by atoms with Crippen LogP contribution in [0, 0.1) is 11.7 Å². The molecule has 0 radical (unpaired) electrons. The molecule has 4 nitrogen and oxygen atoms in total. The van der Waals surface area contributed by atoms with Crippen LogP contribution in [0.3, 0.4) is 0 Å². The van der Waals surface area contributed by atoms with Crippen molar-refractivity contribution >= 4 is 38.7 Å². The normalized spacial score (nSPS) is 25.9. The first kappa shape index (κ1) is 18.2. The van der Waals surface area contributed by atoms with Crippen molar-refractivity contribution in [1.82, 2.24) is 15.2 Å². The van der Waals surface area contributed by atoms with Gasteiger partial charge in [-0.05, 0) is 63.2 Å². The number of hydrogen-bond donors (Lipinski definition) is 1. The second kappa shape index (κ2) is 6.61. The van der Waals surface area contributed by atoms with Crippen LogP contribution in [0.15, 0.2) is 29.8 Å². The van der Waals surface area contributed by atoms with Crippen LogP contribution in [0.5, 0.6) is 0 Å². The molecular formula is C21H22FN3OS2. The minimum absolute atomic E-state index is 0.0360. The summed E-state index contributed by atoms with van der Waals surface area (Å²) in [7, 11) is 0. The topological polar surface area (TPSA) is 45.2 Å². The molecule has 3 aliphatic rings. The number of amides is 1. The highest BCUT2D eigenvalue weighted by Crippen LogP contribution is 2.40. The predicted molar refractivity (Wildman–Crippen MR) is 113 cm³/mol. The Morgan fingerprint density at radius 2 is 2.11 bits per heavy atom. The first-order valence-electron chi connectivity index (χ1n) is 9.63. The summed E-state index contributed by atoms with van der Waals surface area (Å²) in [5, 5.41) is 6.68. The van der Waals surface area contributed by atoms with Gasteiger partial charge in [0.1, 0.15) is 10.8 Å². The number of thiazole rings is 1. The van der Waals surface area contributed by atoms with Crippen molar-refractivity contribution in [2.45, 2.75) is 38.3 Å². The molecule has 2 bridgehead atoms. The Balaban J connectivity index is 1.48. The van der Waals surface area contributed by atoms with Crippen molar-refractivity contribution in [2.24, 2.45) is 5.92 Å². The van der Waals surface area contributed by atoms with Crippen molar-refractivity contribution < 1.29 is 9.18 Å². The first-order chi connectivity index (χ1) is 13.4. The summed E-state index contributed by atoms with van der Waals surface area (Å²) in [6.45, 7) is 6.68. The third-order valence-corrected chi connectivity index (χ3v) is 8.34. The van der Waals surface area contributed by atoms with E-state index >= 15 is 0 Å². The molecule has 1 amide bonds. The van der Waals surface area contributed by atoms with Gasteiger partial charge in [-0.1, -0.05) is 6.07 Å². The second-order valence-corrected chi connectivity index (χ2v) is 10.2. The molecule has 3 aromatic rings. The molecule has 5 heterocycles. The average molecular weight is 416 g/mol. The Labute approximate surface area is 171 Å². The largest absolute Gasteiger partial charge is 0.346 e. The molecule has 1 aromatic carbocycles. The van der Waals surface area contributed by atoms with E-state index in [1.54, 1.807) is 12.3 Å². The number of thiophene rings is 1. The lowest BCUT2D eigenvalue weighted by atomic mass is 9.72. The van der Waals surface area contributed by atoms with Gasteiger partial charge < -0.3 is 5.32 Å². The van der Waals surface area contributed by atoms with Crippen molar-refractivity contribution in [1.29, 1.82) is 0 Å². The van der Waals surface area contributed by atoms with Crippen molar-refractivity contribution in [3.8, 4) is 10.6 Å². The fourth-order valence-electron chi connectivity index (χ4n) is 4.83. The maximum Gasteiger partial charge on any atom is 0.261 e. The molecule has 0 aliphatic carbocycles. The van der Waals surface area contributed by atoms with E-state index in [9.17, 15) is 9.18 Å². The molecule has 6 rings (SSSR count). The van der Waals surface area contributed by atoms with E-state index in [2.05, 4.69) is 29.0 Å². The number of piperidine rings is 3. The van der Waals surface area contributed by atoms with Gasteiger partial charge in [0.05, 0.1) is 10.4 Å². The van der Waals surface area contributed by atoms with Crippen LogP contribution >= 0.6 is 22.7 Å². The standard InChI is InChI=1S/C21H22FN3OS2/c1-21(2)18(12-5-8-25(21)9-6-12)24-19(26)15-11-13-3-4-14(22)16(17(13)28-15)20-23-7-10-27-20/h3-4,7,10-12,18H,5-6,8-9H2,1-2H3,(H,24,26). The molecule has 0 spiro atoms. The highest BCUT2D eigenvalue weighted by molar-refractivity contribution is 7.22. The van der Waals surface area contributed by atoms with Crippen molar-refractivity contribution in [2.75, 3.05) is 13.1 Å². The minimum Gasteiger partial charge on any atom is -0.346 e. The second-order valence-electron chi connectivity index (χ2n) is 8.22. The number of hydrogen-bond acceptors (Lipinski definition) is 5. The smallest absolute Gasteiger partial charge is 0.261 e. The fourth-order valence-corrected chi connectivity index (χ4v) is 6.68. The van der Waals surface area contributed by atoms with Gasteiger partial charge in [-0.15, -0.1) is 22.7 Å². The number of aromatic nitrogens is 1. The predicted octanol–water partition coefficient (Wildman–Crippen LogP) is 4.77. The summed E-state index contributed by atoms with van der Waals surface area (Å²) in [5.41, 5.74) is 0.464. The van der Waals surface area contributed by atoms with Crippen molar-refractivity contribution in [3.63, 3.8) is 0 Å². The summed E-state index contributed by atoms with van der Waals surface area (Å²) in [4.78, 5) is 20.5. The third kappa shape index (κ3) is 2.79. The summed E-state index contributed by atoms with van der Waals surface area (Å²) < 4.78 is 15.3. The lowest BCUT2D eigenvalue weighted by Gasteiger charge is -2.56. The van der Waals surface area contributed by atoms with E-state index < -0.39 is 0 Å². The molecule has 146 valence electrons. The van der Waals surface area contributed by atoms with Gasteiger partial charge in [-0.25, -0.2) is 9.37 Å². The van der Waals surface area contributed by atoms with E-state index in [-0.39, 0.29) is 23.3 Å². The monoisotopic (exact) mass is 415 g/mol. The van der Waals surface area contributed by atoms with Crippen LogP contribution in [0.25, 0.3) is 20.7 Å². The highest BCUT2D eigenvalue weighted by Gasteiger charge is 2.48. The SMILES string of the molecule is CC1(C)C(NC(=O)c2cc3ccc(F)c(-c4nccs4)c3s2)C2CCN1CC2. The summed E-state index contributed by atoms with van der Waals surface area (Å²) in [6, 6.07) is 5.22. The number of halogens is 1. The van der Waals surface area contributed by atoms with Crippen LogP contribution in [-0.2, 0) is 0 Å². The number of carbonyl (C=O) groups is 1. The van der Waals surface area contributed by atoms with Crippen LogP contribution in [0.4, 0.5) is 4.39 Å². The molecule has 3 fully saturated rings. The average Bonchev–Trinajstić information content (AvgIpc) is 3.34. The van der Waals surface area contributed by atoms with Crippen LogP contribution in [0.2, 0.25) is 0 Å². The maximum atomic E-state index is 14.5. The zero-order valence-electron chi connectivity index (χ0n) is 15.9. The van der Waals surface area contributed by atoms with Gasteiger partial charge in [0.25, 0.3) is 5.91 Å². The molecule has 28 heavy (non-hydrogen) atoms.